The monoisotopic (exact) mass is 253 g/mol. The lowest BCUT2D eigenvalue weighted by Gasteiger charge is -2.15. The van der Waals surface area contributed by atoms with E-state index in [0.717, 1.165) is 0 Å². The van der Waals surface area contributed by atoms with Crippen LogP contribution in [-0.4, -0.2) is 29.2 Å². The minimum Gasteiger partial charge on any atom is -0.479 e. The highest BCUT2D eigenvalue weighted by Gasteiger charge is 2.35. The van der Waals surface area contributed by atoms with E-state index < -0.39 is 18.2 Å². The quantitative estimate of drug-likeness (QED) is 0.838. The van der Waals surface area contributed by atoms with Crippen molar-refractivity contribution in [1.29, 1.82) is 0 Å². The lowest BCUT2D eigenvalue weighted by molar-refractivity contribution is -0.151. The molecule has 6 nitrogen and oxygen atoms in total. The summed E-state index contributed by atoms with van der Waals surface area (Å²) in [6, 6.07) is 3.24. The average Bonchev–Trinajstić information content (AvgIpc) is 3.00. The Kier molecular flexibility index (Phi) is 3.66. The largest absolute Gasteiger partial charge is 0.479 e. The number of aliphatic carboxylic acids is 1. The van der Waals surface area contributed by atoms with Gasteiger partial charge in [0, 0.05) is 0 Å². The second kappa shape index (κ2) is 5.22. The minimum absolute atomic E-state index is 0.264. The molecule has 0 spiro atoms. The van der Waals surface area contributed by atoms with E-state index in [0.29, 0.717) is 18.6 Å². The zero-order valence-electron chi connectivity index (χ0n) is 9.96. The molecule has 3 atom stereocenters. The van der Waals surface area contributed by atoms with E-state index in [-0.39, 0.29) is 11.9 Å². The number of carbonyl (C=O) groups excluding carboxylic acids is 1. The van der Waals surface area contributed by atoms with Crippen LogP contribution in [0.5, 0.6) is 0 Å². The van der Waals surface area contributed by atoms with Crippen molar-refractivity contribution in [3.63, 3.8) is 0 Å². The maximum absolute atomic E-state index is 11.8. The number of ether oxygens (including phenoxy) is 1. The van der Waals surface area contributed by atoms with Gasteiger partial charge < -0.3 is 19.6 Å². The van der Waals surface area contributed by atoms with Crippen LogP contribution in [0.3, 0.4) is 0 Å². The first-order valence-corrected chi connectivity index (χ1v) is 5.80. The zero-order chi connectivity index (χ0) is 13.1. The fourth-order valence-corrected chi connectivity index (χ4v) is 1.93. The van der Waals surface area contributed by atoms with Crippen molar-refractivity contribution in [2.45, 2.75) is 38.0 Å². The van der Waals surface area contributed by atoms with Gasteiger partial charge in [-0.25, -0.2) is 4.79 Å². The van der Waals surface area contributed by atoms with Gasteiger partial charge >= 0.3 is 5.97 Å². The first-order chi connectivity index (χ1) is 8.58. The van der Waals surface area contributed by atoms with Crippen LogP contribution in [-0.2, 0) is 14.3 Å². The topological polar surface area (TPSA) is 88.8 Å². The summed E-state index contributed by atoms with van der Waals surface area (Å²) in [5.41, 5.74) is 0. The second-order valence-electron chi connectivity index (χ2n) is 4.27. The van der Waals surface area contributed by atoms with Crippen LogP contribution >= 0.6 is 0 Å². The molecule has 2 rings (SSSR count). The van der Waals surface area contributed by atoms with E-state index in [1.807, 2.05) is 0 Å². The molecular formula is C12H15NO5. The molecule has 1 aromatic rings. The highest BCUT2D eigenvalue weighted by Crippen LogP contribution is 2.21. The van der Waals surface area contributed by atoms with E-state index in [2.05, 4.69) is 5.32 Å². The maximum Gasteiger partial charge on any atom is 0.332 e. The van der Waals surface area contributed by atoms with Gasteiger partial charge in [0.05, 0.1) is 12.3 Å². The van der Waals surface area contributed by atoms with E-state index in [1.54, 1.807) is 19.1 Å². The molecule has 6 heteroatoms. The van der Waals surface area contributed by atoms with Crippen molar-refractivity contribution in [3.05, 3.63) is 24.2 Å². The molecule has 1 amide bonds. The van der Waals surface area contributed by atoms with Gasteiger partial charge in [0.1, 0.15) is 11.9 Å². The van der Waals surface area contributed by atoms with Gasteiger partial charge in [-0.2, -0.15) is 0 Å². The van der Waals surface area contributed by atoms with Crippen molar-refractivity contribution >= 4 is 11.9 Å². The molecule has 1 aliphatic rings. The van der Waals surface area contributed by atoms with Gasteiger partial charge in [0.25, 0.3) is 0 Å². The van der Waals surface area contributed by atoms with Crippen LogP contribution in [0.15, 0.2) is 22.8 Å². The van der Waals surface area contributed by atoms with Gasteiger partial charge in [-0.15, -0.1) is 0 Å². The van der Waals surface area contributed by atoms with Crippen molar-refractivity contribution in [2.24, 2.45) is 0 Å². The summed E-state index contributed by atoms with van der Waals surface area (Å²) in [6.07, 6.45) is 0.754. The Bertz CT molecular complexity index is 428. The lowest BCUT2D eigenvalue weighted by atomic mass is 10.1. The number of carboxylic acid groups (broad SMARTS) is 1. The van der Waals surface area contributed by atoms with Gasteiger partial charge in [-0.1, -0.05) is 0 Å². The molecule has 0 aliphatic carbocycles. The minimum atomic E-state index is -1.02. The highest BCUT2D eigenvalue weighted by molar-refractivity contribution is 5.82. The molecule has 18 heavy (non-hydrogen) atoms. The van der Waals surface area contributed by atoms with Gasteiger partial charge in [-0.05, 0) is 31.9 Å². The molecule has 1 unspecified atom stereocenters. The predicted molar refractivity (Wildman–Crippen MR) is 60.8 cm³/mol. The van der Waals surface area contributed by atoms with Crippen molar-refractivity contribution < 1.29 is 23.8 Å². The number of nitrogens with one attached hydrogen (secondary N) is 1. The Hall–Kier alpha value is -1.82. The van der Waals surface area contributed by atoms with Crippen molar-refractivity contribution in [2.75, 3.05) is 0 Å². The molecule has 2 heterocycles. The van der Waals surface area contributed by atoms with Crippen molar-refractivity contribution in [3.8, 4) is 0 Å². The number of hydrogen-bond acceptors (Lipinski definition) is 4. The van der Waals surface area contributed by atoms with Crippen LogP contribution in [0.1, 0.15) is 31.6 Å². The smallest absolute Gasteiger partial charge is 0.332 e. The van der Waals surface area contributed by atoms with E-state index >= 15 is 0 Å². The number of rotatable bonds is 4. The zero-order valence-corrected chi connectivity index (χ0v) is 9.96. The number of hydrogen-bond donors (Lipinski definition) is 2. The van der Waals surface area contributed by atoms with Gasteiger partial charge in [0.2, 0.25) is 5.91 Å². The van der Waals surface area contributed by atoms with Crippen LogP contribution in [0.4, 0.5) is 0 Å². The summed E-state index contributed by atoms with van der Waals surface area (Å²) in [5, 5.41) is 11.5. The molecule has 98 valence electrons. The van der Waals surface area contributed by atoms with Crippen LogP contribution in [0.2, 0.25) is 0 Å². The van der Waals surface area contributed by atoms with E-state index in [1.165, 1.54) is 6.26 Å². The molecule has 0 radical (unpaired) electrons. The highest BCUT2D eigenvalue weighted by atomic mass is 16.5. The second-order valence-corrected chi connectivity index (χ2v) is 4.27. The summed E-state index contributed by atoms with van der Waals surface area (Å²) in [5.74, 6) is -0.678. The first-order valence-electron chi connectivity index (χ1n) is 5.80. The molecule has 1 fully saturated rings. The lowest BCUT2D eigenvalue weighted by Crippen LogP contribution is -2.36. The summed E-state index contributed by atoms with van der Waals surface area (Å²) in [4.78, 5) is 22.6. The third-order valence-corrected chi connectivity index (χ3v) is 2.92. The summed E-state index contributed by atoms with van der Waals surface area (Å²) in [6.45, 7) is 1.79. The molecule has 0 saturated carbocycles. The van der Waals surface area contributed by atoms with Crippen LogP contribution in [0.25, 0.3) is 0 Å². The van der Waals surface area contributed by atoms with Crippen LogP contribution < -0.4 is 5.32 Å². The molecule has 1 saturated heterocycles. The Balaban J connectivity index is 1.87. The summed E-state index contributed by atoms with van der Waals surface area (Å²) < 4.78 is 10.3. The van der Waals surface area contributed by atoms with E-state index in [4.69, 9.17) is 14.3 Å². The molecule has 2 N–H and O–H groups in total. The number of carbonyl (C=O) groups is 2. The summed E-state index contributed by atoms with van der Waals surface area (Å²) >= 11 is 0. The molecule has 1 aliphatic heterocycles. The Morgan fingerprint density at radius 2 is 2.17 bits per heavy atom. The fraction of sp³-hybridized carbons (Fsp3) is 0.500. The molecular weight excluding hydrogens is 238 g/mol. The SMILES string of the molecule is CC(NC(=O)[C@@H]1CC[C@H](C(=O)O)O1)c1ccco1. The Labute approximate surface area is 104 Å². The number of furan rings is 1. The molecule has 1 aromatic heterocycles. The predicted octanol–water partition coefficient (Wildman–Crippen LogP) is 1.09. The number of carboxylic acids is 1. The third kappa shape index (κ3) is 2.70. The molecule has 0 aromatic carbocycles. The normalized spacial score (nSPS) is 24.7. The summed E-state index contributed by atoms with van der Waals surface area (Å²) in [7, 11) is 0. The first kappa shape index (κ1) is 12.6. The Morgan fingerprint density at radius 1 is 1.44 bits per heavy atom. The average molecular weight is 253 g/mol. The fourth-order valence-electron chi connectivity index (χ4n) is 1.93. The van der Waals surface area contributed by atoms with Crippen LogP contribution in [0, 0.1) is 0 Å². The number of amides is 1. The maximum atomic E-state index is 11.8. The third-order valence-electron chi connectivity index (χ3n) is 2.92. The standard InChI is InChI=1S/C12H15NO5/c1-7(8-3-2-6-17-8)13-11(14)9-4-5-10(18-9)12(15)16/h2-3,6-7,9-10H,4-5H2,1H3,(H,13,14)(H,15,16)/t7?,9-,10+/m0/s1. The molecule has 0 bridgehead atoms. The van der Waals surface area contributed by atoms with Gasteiger partial charge in [0.15, 0.2) is 6.10 Å². The van der Waals surface area contributed by atoms with Gasteiger partial charge in [-0.3, -0.25) is 4.79 Å². The Morgan fingerprint density at radius 3 is 2.72 bits per heavy atom. The van der Waals surface area contributed by atoms with E-state index in [9.17, 15) is 9.59 Å². The van der Waals surface area contributed by atoms with Crippen molar-refractivity contribution in [1.82, 2.24) is 5.32 Å².